The predicted molar refractivity (Wildman–Crippen MR) is 95.9 cm³/mol. The first-order chi connectivity index (χ1) is 12.0. The van der Waals surface area contributed by atoms with Gasteiger partial charge >= 0.3 is 0 Å². The van der Waals surface area contributed by atoms with Gasteiger partial charge in [-0.2, -0.15) is 5.10 Å². The lowest BCUT2D eigenvalue weighted by Gasteiger charge is -2.13. The van der Waals surface area contributed by atoms with E-state index in [4.69, 9.17) is 26.8 Å². The van der Waals surface area contributed by atoms with Crippen molar-refractivity contribution >= 4 is 17.5 Å². The van der Waals surface area contributed by atoms with Gasteiger partial charge in [0.05, 0.1) is 18.3 Å². The molecule has 0 saturated carbocycles. The van der Waals surface area contributed by atoms with Gasteiger partial charge in [-0.15, -0.1) is 0 Å². The van der Waals surface area contributed by atoms with Gasteiger partial charge < -0.3 is 20.5 Å². The zero-order valence-electron chi connectivity index (χ0n) is 14.4. The molecule has 2 aromatic rings. The summed E-state index contributed by atoms with van der Waals surface area (Å²) in [4.78, 5) is 10.9. The van der Waals surface area contributed by atoms with Gasteiger partial charge in [-0.05, 0) is 42.6 Å². The van der Waals surface area contributed by atoms with E-state index in [0.717, 1.165) is 24.9 Å². The molecule has 2 rings (SSSR count). The van der Waals surface area contributed by atoms with Crippen LogP contribution in [0.3, 0.4) is 0 Å². The van der Waals surface area contributed by atoms with Gasteiger partial charge in [0.25, 0.3) is 5.91 Å². The van der Waals surface area contributed by atoms with E-state index in [1.165, 1.54) is 12.7 Å². The number of methoxy groups -OCH3 is 1. The molecule has 0 aliphatic rings. The van der Waals surface area contributed by atoms with Crippen LogP contribution in [0.2, 0.25) is 5.02 Å². The molecule has 25 heavy (non-hydrogen) atoms. The Morgan fingerprint density at radius 3 is 2.84 bits per heavy atom. The monoisotopic (exact) mass is 366 g/mol. The number of halogens is 1. The molecule has 0 saturated heterocycles. The minimum absolute atomic E-state index is 0.248. The quantitative estimate of drug-likeness (QED) is 0.624. The van der Waals surface area contributed by atoms with Crippen LogP contribution >= 0.6 is 11.6 Å². The van der Waals surface area contributed by atoms with Crippen LogP contribution in [0.1, 0.15) is 17.5 Å². The van der Waals surface area contributed by atoms with Gasteiger partial charge in [0.2, 0.25) is 0 Å². The summed E-state index contributed by atoms with van der Waals surface area (Å²) >= 11 is 6.23. The van der Waals surface area contributed by atoms with Crippen LogP contribution in [0.4, 0.5) is 0 Å². The molecule has 0 radical (unpaired) electrons. The van der Waals surface area contributed by atoms with Gasteiger partial charge in [-0.25, -0.2) is 0 Å². The summed E-state index contributed by atoms with van der Waals surface area (Å²) in [6.45, 7) is 1.27. The second-order valence-electron chi connectivity index (χ2n) is 5.67. The minimum atomic E-state index is -0.572. The standard InChI is InChI=1S/C17H23ClN4O3/c1-22-10-12(9-21-22)4-3-5-20-8-13-6-14(18)17(15(7-13)24-2)25-11-16(19)23/h6-7,9-10,20H,3-5,8,11H2,1-2H3,(H2,19,23). The van der Waals surface area contributed by atoms with E-state index in [1.54, 1.807) is 10.7 Å². The maximum absolute atomic E-state index is 10.9. The third kappa shape index (κ3) is 5.95. The highest BCUT2D eigenvalue weighted by atomic mass is 35.5. The summed E-state index contributed by atoms with van der Waals surface area (Å²) in [6, 6.07) is 3.62. The van der Waals surface area contributed by atoms with Gasteiger partial charge in [0.1, 0.15) is 0 Å². The molecule has 0 spiro atoms. The summed E-state index contributed by atoms with van der Waals surface area (Å²) in [5.74, 6) is 0.224. The number of aromatic nitrogens is 2. The zero-order valence-corrected chi connectivity index (χ0v) is 15.2. The van der Waals surface area contributed by atoms with E-state index >= 15 is 0 Å². The van der Waals surface area contributed by atoms with Gasteiger partial charge in [0.15, 0.2) is 18.1 Å². The highest BCUT2D eigenvalue weighted by Gasteiger charge is 2.13. The Labute approximate surface area is 152 Å². The number of carbonyl (C=O) groups is 1. The van der Waals surface area contributed by atoms with Crippen LogP contribution in [-0.2, 0) is 24.8 Å². The Morgan fingerprint density at radius 2 is 2.20 bits per heavy atom. The fraction of sp³-hybridized carbons (Fsp3) is 0.412. The number of primary amides is 1. The van der Waals surface area contributed by atoms with Crippen molar-refractivity contribution in [2.45, 2.75) is 19.4 Å². The molecule has 0 atom stereocenters. The first-order valence-electron chi connectivity index (χ1n) is 7.95. The Balaban J connectivity index is 1.84. The van der Waals surface area contributed by atoms with Crippen molar-refractivity contribution in [2.24, 2.45) is 12.8 Å². The van der Waals surface area contributed by atoms with Crippen molar-refractivity contribution in [1.29, 1.82) is 0 Å². The third-order valence-electron chi connectivity index (χ3n) is 3.55. The lowest BCUT2D eigenvalue weighted by atomic mass is 10.1. The van der Waals surface area contributed by atoms with Crippen molar-refractivity contribution in [1.82, 2.24) is 15.1 Å². The number of ether oxygens (including phenoxy) is 2. The van der Waals surface area contributed by atoms with E-state index in [0.29, 0.717) is 23.1 Å². The lowest BCUT2D eigenvalue weighted by molar-refractivity contribution is -0.119. The van der Waals surface area contributed by atoms with Crippen molar-refractivity contribution in [3.63, 3.8) is 0 Å². The average molecular weight is 367 g/mol. The number of carbonyl (C=O) groups excluding carboxylic acids is 1. The normalized spacial score (nSPS) is 10.7. The second kappa shape index (κ2) is 9.29. The number of amides is 1. The lowest BCUT2D eigenvalue weighted by Crippen LogP contribution is -2.20. The Kier molecular flexibility index (Phi) is 7.09. The molecule has 3 N–H and O–H groups in total. The Morgan fingerprint density at radius 1 is 1.40 bits per heavy atom. The summed E-state index contributed by atoms with van der Waals surface area (Å²) in [5.41, 5.74) is 7.28. The SMILES string of the molecule is COc1cc(CNCCCc2cnn(C)c2)cc(Cl)c1OCC(N)=O. The molecule has 0 aliphatic carbocycles. The number of hydrogen-bond acceptors (Lipinski definition) is 5. The number of hydrogen-bond donors (Lipinski definition) is 2. The van der Waals surface area contributed by atoms with Crippen molar-refractivity contribution in [3.8, 4) is 11.5 Å². The fourth-order valence-corrected chi connectivity index (χ4v) is 2.70. The predicted octanol–water partition coefficient (Wildman–Crippen LogP) is 1.67. The molecule has 0 aliphatic heterocycles. The van der Waals surface area contributed by atoms with E-state index < -0.39 is 5.91 Å². The molecule has 1 amide bonds. The number of nitrogens with zero attached hydrogens (tertiary/aromatic N) is 2. The molecule has 136 valence electrons. The van der Waals surface area contributed by atoms with Crippen molar-refractivity contribution in [2.75, 3.05) is 20.3 Å². The van der Waals surface area contributed by atoms with E-state index in [2.05, 4.69) is 10.4 Å². The first-order valence-corrected chi connectivity index (χ1v) is 8.33. The van der Waals surface area contributed by atoms with Crippen LogP contribution in [0.25, 0.3) is 0 Å². The first kappa shape index (κ1) is 19.1. The molecule has 1 heterocycles. The molecule has 0 fully saturated rings. The topological polar surface area (TPSA) is 91.4 Å². The van der Waals surface area contributed by atoms with Crippen LogP contribution in [-0.4, -0.2) is 35.9 Å². The second-order valence-corrected chi connectivity index (χ2v) is 6.07. The van der Waals surface area contributed by atoms with E-state index in [9.17, 15) is 4.79 Å². The van der Waals surface area contributed by atoms with Crippen LogP contribution < -0.4 is 20.5 Å². The van der Waals surface area contributed by atoms with Crippen LogP contribution in [0.5, 0.6) is 11.5 Å². The van der Waals surface area contributed by atoms with Crippen molar-refractivity contribution in [3.05, 3.63) is 40.7 Å². The summed E-state index contributed by atoms with van der Waals surface area (Å²) in [7, 11) is 3.43. The summed E-state index contributed by atoms with van der Waals surface area (Å²) < 4.78 is 12.4. The maximum atomic E-state index is 10.9. The summed E-state index contributed by atoms with van der Waals surface area (Å²) in [5, 5.41) is 7.91. The smallest absolute Gasteiger partial charge is 0.255 e. The minimum Gasteiger partial charge on any atom is -0.493 e. The molecule has 1 aromatic carbocycles. The Hall–Kier alpha value is -2.25. The third-order valence-corrected chi connectivity index (χ3v) is 3.84. The number of rotatable bonds is 10. The fourth-order valence-electron chi connectivity index (χ4n) is 2.41. The molecular weight excluding hydrogens is 344 g/mol. The van der Waals surface area contributed by atoms with E-state index in [-0.39, 0.29) is 6.61 Å². The highest BCUT2D eigenvalue weighted by Crippen LogP contribution is 2.36. The van der Waals surface area contributed by atoms with Gasteiger partial charge in [0, 0.05) is 19.8 Å². The molecular formula is C17H23ClN4O3. The largest absolute Gasteiger partial charge is 0.493 e. The highest BCUT2D eigenvalue weighted by molar-refractivity contribution is 6.32. The van der Waals surface area contributed by atoms with Crippen molar-refractivity contribution < 1.29 is 14.3 Å². The number of benzene rings is 1. The summed E-state index contributed by atoms with van der Waals surface area (Å²) in [6.07, 6.45) is 5.89. The molecule has 8 heteroatoms. The van der Waals surface area contributed by atoms with Gasteiger partial charge in [-0.3, -0.25) is 9.48 Å². The molecule has 7 nitrogen and oxygen atoms in total. The van der Waals surface area contributed by atoms with E-state index in [1.807, 2.05) is 25.5 Å². The average Bonchev–Trinajstić information content (AvgIpc) is 2.98. The maximum Gasteiger partial charge on any atom is 0.255 e. The van der Waals surface area contributed by atoms with Crippen LogP contribution in [0, 0.1) is 0 Å². The number of nitrogens with one attached hydrogen (secondary N) is 1. The molecule has 0 unspecified atom stereocenters. The molecule has 1 aromatic heterocycles. The zero-order chi connectivity index (χ0) is 18.2. The molecule has 0 bridgehead atoms. The van der Waals surface area contributed by atoms with Crippen LogP contribution in [0.15, 0.2) is 24.5 Å². The number of nitrogens with two attached hydrogens (primary N) is 1. The Bertz CT molecular complexity index is 718. The van der Waals surface area contributed by atoms with Gasteiger partial charge in [-0.1, -0.05) is 11.6 Å². The number of aryl methyl sites for hydroxylation is 2.